The highest BCUT2D eigenvalue weighted by Gasteiger charge is 2.31. The maximum atomic E-state index is 10.7. The fourth-order valence-corrected chi connectivity index (χ4v) is 1.78. The molecule has 2 fully saturated rings. The molecule has 74 valence electrons. The van der Waals surface area contributed by atoms with Crippen LogP contribution >= 0.6 is 0 Å². The first-order valence-electron chi connectivity index (χ1n) is 4.93. The first kappa shape index (κ1) is 8.97. The second-order valence-corrected chi connectivity index (χ2v) is 3.78. The predicted molar refractivity (Wildman–Crippen MR) is 47.9 cm³/mol. The summed E-state index contributed by atoms with van der Waals surface area (Å²) in [5.74, 6) is -0.208. The summed E-state index contributed by atoms with van der Waals surface area (Å²) in [5.41, 5.74) is 0. The Morgan fingerprint density at radius 2 is 1.85 bits per heavy atom. The van der Waals surface area contributed by atoms with Crippen LogP contribution in [-0.2, 0) is 9.63 Å². The molecule has 2 aliphatic rings. The number of piperazine rings is 1. The van der Waals surface area contributed by atoms with Gasteiger partial charge >= 0.3 is 5.97 Å². The Bertz CT molecular complexity index is 196. The molecular formula is C9H16N2O2. The van der Waals surface area contributed by atoms with E-state index in [-0.39, 0.29) is 5.97 Å². The number of hydrogen-bond acceptors (Lipinski definition) is 4. The van der Waals surface area contributed by atoms with E-state index in [9.17, 15) is 4.79 Å². The van der Waals surface area contributed by atoms with Crippen LogP contribution in [0.4, 0.5) is 0 Å². The summed E-state index contributed by atoms with van der Waals surface area (Å²) < 4.78 is 0. The normalized spacial score (nSPS) is 25.9. The van der Waals surface area contributed by atoms with E-state index >= 15 is 0 Å². The van der Waals surface area contributed by atoms with Crippen LogP contribution in [0.5, 0.6) is 0 Å². The zero-order valence-electron chi connectivity index (χ0n) is 8.03. The number of carbonyl (C=O) groups is 1. The summed E-state index contributed by atoms with van der Waals surface area (Å²) >= 11 is 0. The van der Waals surface area contributed by atoms with Crippen LogP contribution in [0.25, 0.3) is 0 Å². The largest absolute Gasteiger partial charge is 0.368 e. The Hall–Kier alpha value is -0.610. The minimum atomic E-state index is -0.208. The molecule has 0 radical (unpaired) electrons. The predicted octanol–water partition coefficient (Wildman–Crippen LogP) is 0.244. The Labute approximate surface area is 78.4 Å². The Balaban J connectivity index is 1.72. The molecule has 1 saturated carbocycles. The van der Waals surface area contributed by atoms with E-state index in [1.807, 2.05) is 0 Å². The number of nitrogens with zero attached hydrogens (tertiary/aromatic N) is 2. The lowest BCUT2D eigenvalue weighted by Crippen LogP contribution is -2.47. The van der Waals surface area contributed by atoms with E-state index < -0.39 is 0 Å². The van der Waals surface area contributed by atoms with Crippen molar-refractivity contribution in [1.82, 2.24) is 9.96 Å². The first-order chi connectivity index (χ1) is 6.25. The monoisotopic (exact) mass is 184 g/mol. The van der Waals surface area contributed by atoms with E-state index in [2.05, 4.69) is 4.90 Å². The lowest BCUT2D eigenvalue weighted by Gasteiger charge is -2.32. The first-order valence-corrected chi connectivity index (χ1v) is 4.93. The van der Waals surface area contributed by atoms with Crippen LogP contribution in [-0.4, -0.2) is 48.2 Å². The van der Waals surface area contributed by atoms with Crippen molar-refractivity contribution in [3.63, 3.8) is 0 Å². The summed E-state index contributed by atoms with van der Waals surface area (Å²) in [7, 11) is 0. The Kier molecular flexibility index (Phi) is 2.51. The van der Waals surface area contributed by atoms with Gasteiger partial charge in [-0.3, -0.25) is 9.69 Å². The summed E-state index contributed by atoms with van der Waals surface area (Å²) in [6.45, 7) is 5.25. The number of carbonyl (C=O) groups excluding carboxylic acids is 1. The molecule has 1 aliphatic heterocycles. The third kappa shape index (κ3) is 2.42. The average molecular weight is 184 g/mol. The van der Waals surface area contributed by atoms with Gasteiger partial charge < -0.3 is 4.84 Å². The third-order valence-corrected chi connectivity index (χ3v) is 2.59. The van der Waals surface area contributed by atoms with E-state index in [0.717, 1.165) is 32.2 Å². The summed E-state index contributed by atoms with van der Waals surface area (Å²) in [6.07, 6.45) is 2.71. The van der Waals surface area contributed by atoms with E-state index in [4.69, 9.17) is 4.84 Å². The van der Waals surface area contributed by atoms with Gasteiger partial charge in [0.2, 0.25) is 0 Å². The van der Waals surface area contributed by atoms with Crippen LogP contribution in [0.3, 0.4) is 0 Å². The van der Waals surface area contributed by atoms with Gasteiger partial charge in [-0.2, -0.15) is 0 Å². The molecule has 0 unspecified atom stereocenters. The number of rotatable bonds is 2. The topological polar surface area (TPSA) is 32.8 Å². The Morgan fingerprint density at radius 1 is 1.23 bits per heavy atom. The molecule has 13 heavy (non-hydrogen) atoms. The van der Waals surface area contributed by atoms with Crippen LogP contribution < -0.4 is 0 Å². The molecule has 2 rings (SSSR count). The highest BCUT2D eigenvalue weighted by atomic mass is 16.7. The average Bonchev–Trinajstić information content (AvgIpc) is 2.87. The van der Waals surface area contributed by atoms with Gasteiger partial charge in [0, 0.05) is 39.1 Å². The highest BCUT2D eigenvalue weighted by Crippen LogP contribution is 2.27. The van der Waals surface area contributed by atoms with Gasteiger partial charge in [0.1, 0.15) is 0 Å². The molecule has 0 aromatic rings. The van der Waals surface area contributed by atoms with Gasteiger partial charge in [-0.25, -0.2) is 0 Å². The van der Waals surface area contributed by atoms with Gasteiger partial charge in [-0.1, -0.05) is 0 Å². The van der Waals surface area contributed by atoms with E-state index in [1.54, 1.807) is 5.06 Å². The van der Waals surface area contributed by atoms with Crippen molar-refractivity contribution in [1.29, 1.82) is 0 Å². The lowest BCUT2D eigenvalue weighted by atomic mass is 10.3. The van der Waals surface area contributed by atoms with Gasteiger partial charge in [-0.05, 0) is 12.8 Å². The molecule has 1 heterocycles. The van der Waals surface area contributed by atoms with Crippen LogP contribution in [0.15, 0.2) is 0 Å². The van der Waals surface area contributed by atoms with Gasteiger partial charge in [0.05, 0.1) is 0 Å². The molecule has 0 amide bonds. The summed E-state index contributed by atoms with van der Waals surface area (Å²) in [4.78, 5) is 18.2. The quantitative estimate of drug-likeness (QED) is 0.615. The van der Waals surface area contributed by atoms with Gasteiger partial charge in [0.15, 0.2) is 0 Å². The van der Waals surface area contributed by atoms with Crippen LogP contribution in [0.1, 0.15) is 19.8 Å². The molecule has 4 nitrogen and oxygen atoms in total. The SMILES string of the molecule is CC(=O)ON1CCN(C2CC2)CC1. The van der Waals surface area contributed by atoms with Crippen molar-refractivity contribution >= 4 is 5.97 Å². The van der Waals surface area contributed by atoms with Crippen LogP contribution in [0, 0.1) is 0 Å². The van der Waals surface area contributed by atoms with Crippen molar-refractivity contribution in [2.75, 3.05) is 26.2 Å². The van der Waals surface area contributed by atoms with Gasteiger partial charge in [0.25, 0.3) is 0 Å². The maximum Gasteiger partial charge on any atom is 0.322 e. The molecule has 0 atom stereocenters. The fraction of sp³-hybridized carbons (Fsp3) is 0.889. The van der Waals surface area contributed by atoms with Crippen molar-refractivity contribution < 1.29 is 9.63 Å². The zero-order valence-corrected chi connectivity index (χ0v) is 8.03. The minimum absolute atomic E-state index is 0.208. The third-order valence-electron chi connectivity index (χ3n) is 2.59. The summed E-state index contributed by atoms with van der Waals surface area (Å²) in [5, 5.41) is 1.77. The molecule has 0 bridgehead atoms. The molecule has 0 spiro atoms. The second-order valence-electron chi connectivity index (χ2n) is 3.78. The molecule has 1 aliphatic carbocycles. The maximum absolute atomic E-state index is 10.7. The molecular weight excluding hydrogens is 168 g/mol. The molecule has 1 saturated heterocycles. The van der Waals surface area contributed by atoms with Crippen molar-refractivity contribution in [2.45, 2.75) is 25.8 Å². The van der Waals surface area contributed by atoms with E-state index in [0.29, 0.717) is 0 Å². The molecule has 0 N–H and O–H groups in total. The van der Waals surface area contributed by atoms with Gasteiger partial charge in [-0.15, -0.1) is 5.06 Å². The highest BCUT2D eigenvalue weighted by molar-refractivity contribution is 5.65. The smallest absolute Gasteiger partial charge is 0.322 e. The number of hydrogen-bond donors (Lipinski definition) is 0. The lowest BCUT2D eigenvalue weighted by molar-refractivity contribution is -0.195. The Morgan fingerprint density at radius 3 is 2.31 bits per heavy atom. The van der Waals surface area contributed by atoms with Crippen molar-refractivity contribution in [2.24, 2.45) is 0 Å². The second kappa shape index (κ2) is 3.64. The fourth-order valence-electron chi connectivity index (χ4n) is 1.78. The number of hydroxylamine groups is 2. The standard InChI is InChI=1S/C9H16N2O2/c1-8(12)13-11-6-4-10(5-7-11)9-2-3-9/h9H,2-7H2,1H3. The van der Waals surface area contributed by atoms with Crippen molar-refractivity contribution in [3.05, 3.63) is 0 Å². The molecule has 0 aromatic carbocycles. The zero-order chi connectivity index (χ0) is 9.26. The van der Waals surface area contributed by atoms with E-state index in [1.165, 1.54) is 19.8 Å². The summed E-state index contributed by atoms with van der Waals surface area (Å²) in [6, 6.07) is 0.833. The molecule has 0 aromatic heterocycles. The molecule has 4 heteroatoms. The minimum Gasteiger partial charge on any atom is -0.368 e. The van der Waals surface area contributed by atoms with Crippen molar-refractivity contribution in [3.8, 4) is 0 Å². The van der Waals surface area contributed by atoms with Crippen LogP contribution in [0.2, 0.25) is 0 Å².